The van der Waals surface area contributed by atoms with E-state index >= 15 is 0 Å². The van der Waals surface area contributed by atoms with Crippen LogP contribution < -0.4 is 10.1 Å². The van der Waals surface area contributed by atoms with Gasteiger partial charge >= 0.3 is 0 Å². The lowest BCUT2D eigenvalue weighted by atomic mass is 10.4. The van der Waals surface area contributed by atoms with E-state index in [1.807, 2.05) is 0 Å². The molecule has 0 atom stereocenters. The van der Waals surface area contributed by atoms with Crippen LogP contribution >= 0.6 is 34.8 Å². The summed E-state index contributed by atoms with van der Waals surface area (Å²) in [5.74, 6) is 0.427. The minimum absolute atomic E-state index is 0.152. The van der Waals surface area contributed by atoms with E-state index in [4.69, 9.17) is 39.5 Å². The van der Waals surface area contributed by atoms with E-state index in [2.05, 4.69) is 20.3 Å². The standard InChI is InChI=1S/C13H11Cl3F2N4O/c14-7-4-8(15)13(20-5-7)23-3-1-2-19-12-9(16)10(11(17)18)21-6-22-12/h4-6,11H,1-3H2,(H,19,21,22). The van der Waals surface area contributed by atoms with Crippen molar-refractivity contribution in [3.63, 3.8) is 0 Å². The van der Waals surface area contributed by atoms with Crippen molar-refractivity contribution in [3.8, 4) is 5.88 Å². The third kappa shape index (κ3) is 5.02. The number of hydrogen-bond acceptors (Lipinski definition) is 5. The van der Waals surface area contributed by atoms with Crippen molar-refractivity contribution < 1.29 is 13.5 Å². The third-order valence-electron chi connectivity index (χ3n) is 2.65. The van der Waals surface area contributed by atoms with Crippen molar-refractivity contribution in [1.29, 1.82) is 0 Å². The Kier molecular flexibility index (Phi) is 6.56. The molecule has 0 aliphatic rings. The first-order valence-electron chi connectivity index (χ1n) is 6.45. The molecule has 2 aromatic heterocycles. The van der Waals surface area contributed by atoms with E-state index in [-0.39, 0.29) is 16.7 Å². The average Bonchev–Trinajstić information content (AvgIpc) is 2.50. The van der Waals surface area contributed by atoms with Crippen LogP contribution in [0.3, 0.4) is 0 Å². The van der Waals surface area contributed by atoms with Gasteiger partial charge in [-0.25, -0.2) is 23.7 Å². The largest absolute Gasteiger partial charge is 0.477 e. The molecule has 0 aliphatic carbocycles. The van der Waals surface area contributed by atoms with Gasteiger partial charge in [-0.1, -0.05) is 34.8 Å². The number of pyridine rings is 1. The summed E-state index contributed by atoms with van der Waals surface area (Å²) in [6, 6.07) is 1.52. The van der Waals surface area contributed by atoms with Crippen LogP contribution in [-0.2, 0) is 0 Å². The molecule has 0 saturated heterocycles. The number of hydrogen-bond donors (Lipinski definition) is 1. The maximum absolute atomic E-state index is 12.7. The highest BCUT2D eigenvalue weighted by Gasteiger charge is 2.17. The molecule has 124 valence electrons. The van der Waals surface area contributed by atoms with Crippen LogP contribution in [0.15, 0.2) is 18.6 Å². The monoisotopic (exact) mass is 382 g/mol. The summed E-state index contributed by atoms with van der Waals surface area (Å²) in [6.07, 6.45) is 0.245. The second kappa shape index (κ2) is 8.42. The van der Waals surface area contributed by atoms with Gasteiger partial charge in [-0.3, -0.25) is 0 Å². The van der Waals surface area contributed by atoms with Gasteiger partial charge in [0.25, 0.3) is 6.43 Å². The Morgan fingerprint density at radius 1 is 1.17 bits per heavy atom. The van der Waals surface area contributed by atoms with Gasteiger partial charge < -0.3 is 10.1 Å². The molecule has 10 heteroatoms. The number of anilines is 1. The van der Waals surface area contributed by atoms with E-state index in [0.717, 1.165) is 6.33 Å². The predicted molar refractivity (Wildman–Crippen MR) is 84.9 cm³/mol. The summed E-state index contributed by atoms with van der Waals surface area (Å²) in [5.41, 5.74) is -0.502. The summed E-state index contributed by atoms with van der Waals surface area (Å²) in [5, 5.41) is 3.38. The summed E-state index contributed by atoms with van der Waals surface area (Å²) in [6.45, 7) is 0.719. The molecular formula is C13H11Cl3F2N4O. The molecule has 0 unspecified atom stereocenters. The summed E-state index contributed by atoms with van der Waals surface area (Å²) >= 11 is 17.5. The van der Waals surface area contributed by atoms with E-state index in [9.17, 15) is 8.78 Å². The third-order valence-corrected chi connectivity index (χ3v) is 3.50. The molecule has 0 saturated carbocycles. The van der Waals surface area contributed by atoms with Gasteiger partial charge in [0.1, 0.15) is 27.9 Å². The first-order valence-corrected chi connectivity index (χ1v) is 7.58. The summed E-state index contributed by atoms with van der Waals surface area (Å²) in [7, 11) is 0. The number of aromatic nitrogens is 3. The van der Waals surface area contributed by atoms with Gasteiger partial charge in [0.15, 0.2) is 0 Å². The van der Waals surface area contributed by atoms with Gasteiger partial charge in [-0.15, -0.1) is 0 Å². The molecule has 5 nitrogen and oxygen atoms in total. The number of alkyl halides is 2. The van der Waals surface area contributed by atoms with Crippen molar-refractivity contribution in [2.45, 2.75) is 12.8 Å². The highest BCUT2D eigenvalue weighted by atomic mass is 35.5. The first kappa shape index (κ1) is 17.9. The van der Waals surface area contributed by atoms with E-state index in [1.165, 1.54) is 12.3 Å². The number of rotatable bonds is 7. The Labute approximate surface area is 146 Å². The van der Waals surface area contributed by atoms with Gasteiger partial charge in [0.05, 0.1) is 11.6 Å². The number of halogens is 5. The highest BCUT2D eigenvalue weighted by molar-refractivity contribution is 6.35. The van der Waals surface area contributed by atoms with Crippen molar-refractivity contribution in [1.82, 2.24) is 15.0 Å². The molecule has 1 N–H and O–H groups in total. The van der Waals surface area contributed by atoms with Crippen LogP contribution in [0, 0.1) is 0 Å². The average molecular weight is 384 g/mol. The normalized spacial score (nSPS) is 10.9. The van der Waals surface area contributed by atoms with E-state index < -0.39 is 12.1 Å². The number of nitrogens with one attached hydrogen (secondary N) is 1. The molecule has 0 aromatic carbocycles. The fourth-order valence-electron chi connectivity index (χ4n) is 1.61. The van der Waals surface area contributed by atoms with Gasteiger partial charge in [0, 0.05) is 12.7 Å². The quantitative estimate of drug-likeness (QED) is 0.705. The van der Waals surface area contributed by atoms with Gasteiger partial charge in [-0.2, -0.15) is 0 Å². The van der Waals surface area contributed by atoms with Crippen molar-refractivity contribution in [2.24, 2.45) is 0 Å². The SMILES string of the molecule is FC(F)c1ncnc(NCCCOc2ncc(Cl)cc2Cl)c1Cl. The zero-order valence-corrected chi connectivity index (χ0v) is 13.8. The fraction of sp³-hybridized carbons (Fsp3) is 0.308. The summed E-state index contributed by atoms with van der Waals surface area (Å²) in [4.78, 5) is 11.2. The molecular weight excluding hydrogens is 373 g/mol. The zero-order chi connectivity index (χ0) is 16.8. The van der Waals surface area contributed by atoms with E-state index in [1.54, 1.807) is 0 Å². The zero-order valence-electron chi connectivity index (χ0n) is 11.6. The van der Waals surface area contributed by atoms with E-state index in [0.29, 0.717) is 29.6 Å². The topological polar surface area (TPSA) is 59.9 Å². The molecule has 2 heterocycles. The number of ether oxygens (including phenoxy) is 1. The second-order valence-electron chi connectivity index (χ2n) is 4.29. The lowest BCUT2D eigenvalue weighted by molar-refractivity contribution is 0.146. The van der Waals surface area contributed by atoms with Crippen molar-refractivity contribution in [2.75, 3.05) is 18.5 Å². The molecule has 23 heavy (non-hydrogen) atoms. The van der Waals surface area contributed by atoms with Crippen LogP contribution in [0.4, 0.5) is 14.6 Å². The Bertz CT molecular complexity index is 676. The molecule has 0 amide bonds. The van der Waals surface area contributed by atoms with Crippen LogP contribution in [0.25, 0.3) is 0 Å². The minimum atomic E-state index is -2.76. The Balaban J connectivity index is 1.81. The fourth-order valence-corrected chi connectivity index (χ4v) is 2.30. The van der Waals surface area contributed by atoms with Crippen molar-refractivity contribution in [3.05, 3.63) is 39.4 Å². The van der Waals surface area contributed by atoms with Gasteiger partial charge in [-0.05, 0) is 12.5 Å². The maximum atomic E-state index is 12.7. The van der Waals surface area contributed by atoms with Crippen LogP contribution in [0.1, 0.15) is 18.5 Å². The second-order valence-corrected chi connectivity index (χ2v) is 5.51. The lowest BCUT2D eigenvalue weighted by Gasteiger charge is -2.10. The molecule has 0 bridgehead atoms. The molecule has 2 rings (SSSR count). The van der Waals surface area contributed by atoms with Gasteiger partial charge in [0.2, 0.25) is 5.88 Å². The molecule has 0 fully saturated rings. The van der Waals surface area contributed by atoms with Crippen LogP contribution in [0.2, 0.25) is 15.1 Å². The summed E-state index contributed by atoms with van der Waals surface area (Å²) < 4.78 is 30.7. The first-order chi connectivity index (χ1) is 11.0. The maximum Gasteiger partial charge on any atom is 0.282 e. The highest BCUT2D eigenvalue weighted by Crippen LogP contribution is 2.29. The van der Waals surface area contributed by atoms with Crippen LogP contribution in [-0.4, -0.2) is 28.1 Å². The Hall–Kier alpha value is -1.44. The molecule has 0 spiro atoms. The minimum Gasteiger partial charge on any atom is -0.477 e. The molecule has 2 aromatic rings. The predicted octanol–water partition coefficient (Wildman–Crippen LogP) is 4.65. The smallest absolute Gasteiger partial charge is 0.282 e. The Morgan fingerprint density at radius 3 is 2.65 bits per heavy atom. The van der Waals surface area contributed by atoms with Crippen molar-refractivity contribution >= 4 is 40.6 Å². The van der Waals surface area contributed by atoms with Crippen LogP contribution in [0.5, 0.6) is 5.88 Å². The molecule has 0 radical (unpaired) electrons. The lowest BCUT2D eigenvalue weighted by Crippen LogP contribution is -2.10. The Morgan fingerprint density at radius 2 is 1.96 bits per heavy atom. The molecule has 0 aliphatic heterocycles. The number of nitrogens with zero attached hydrogens (tertiary/aromatic N) is 3.